The second kappa shape index (κ2) is 6.67. The van der Waals surface area contributed by atoms with E-state index in [0.29, 0.717) is 11.1 Å². The van der Waals surface area contributed by atoms with Gasteiger partial charge in [0.25, 0.3) is 0 Å². The third kappa shape index (κ3) is 3.90. The third-order valence-electron chi connectivity index (χ3n) is 2.64. The number of nitrogens with zero attached hydrogens (tertiary/aromatic N) is 1. The summed E-state index contributed by atoms with van der Waals surface area (Å²) in [4.78, 5) is 26.7. The number of oxazole rings is 1. The summed E-state index contributed by atoms with van der Waals surface area (Å²) >= 11 is 0. The molecule has 0 fully saturated rings. The van der Waals surface area contributed by atoms with Crippen LogP contribution in [0.25, 0.3) is 17.2 Å². The molecule has 2 aromatic rings. The maximum atomic E-state index is 11.6. The Hall–Kier alpha value is -2.67. The Bertz CT molecular complexity index is 644. The first kappa shape index (κ1) is 14.7. The van der Waals surface area contributed by atoms with E-state index >= 15 is 0 Å². The number of nitrogens with one attached hydrogen (secondary N) is 1. The summed E-state index contributed by atoms with van der Waals surface area (Å²) in [5.41, 5.74) is 1.29. The molecule has 0 aliphatic rings. The van der Waals surface area contributed by atoms with Crippen molar-refractivity contribution in [2.24, 2.45) is 0 Å². The van der Waals surface area contributed by atoms with Crippen molar-refractivity contribution in [1.82, 2.24) is 10.3 Å². The van der Waals surface area contributed by atoms with E-state index in [2.05, 4.69) is 10.3 Å². The Morgan fingerprint density at radius 2 is 2.24 bits per heavy atom. The zero-order valence-electron chi connectivity index (χ0n) is 11.3. The quantitative estimate of drug-likeness (QED) is 0.771. The molecule has 0 saturated heterocycles. The number of hydrogen-bond donors (Lipinski definition) is 2. The topological polar surface area (TPSA) is 102 Å². The van der Waals surface area contributed by atoms with Crippen LogP contribution < -0.4 is 5.32 Å². The normalized spacial score (nSPS) is 12.6. The van der Waals surface area contributed by atoms with Crippen LogP contribution in [0.5, 0.6) is 0 Å². The van der Waals surface area contributed by atoms with Crippen molar-refractivity contribution >= 4 is 29.1 Å². The minimum absolute atomic E-state index is 0.113. The summed E-state index contributed by atoms with van der Waals surface area (Å²) in [5, 5.41) is 11.2. The first-order valence-electron chi connectivity index (χ1n) is 6.16. The molecule has 110 valence electrons. The number of carbonyl (C=O) groups excluding carboxylic acids is 1. The molecule has 1 heterocycles. The molecule has 0 aliphatic heterocycles. The largest absolute Gasteiger partial charge is 0.480 e. The number of aromatic nitrogens is 1. The summed E-state index contributed by atoms with van der Waals surface area (Å²) < 4.78 is 10.1. The number of amides is 1. The summed E-state index contributed by atoms with van der Waals surface area (Å²) in [6.07, 6.45) is 2.54. The average molecular weight is 290 g/mol. The van der Waals surface area contributed by atoms with Gasteiger partial charge in [0.2, 0.25) is 11.8 Å². The number of para-hydroxylation sites is 2. The van der Waals surface area contributed by atoms with Gasteiger partial charge in [0.15, 0.2) is 11.6 Å². The van der Waals surface area contributed by atoms with Gasteiger partial charge in [-0.25, -0.2) is 9.78 Å². The van der Waals surface area contributed by atoms with Crippen LogP contribution in [-0.2, 0) is 14.3 Å². The fourth-order valence-electron chi connectivity index (χ4n) is 1.67. The number of carboxylic acid groups (broad SMARTS) is 1. The van der Waals surface area contributed by atoms with Crippen LogP contribution in [0.2, 0.25) is 0 Å². The summed E-state index contributed by atoms with van der Waals surface area (Å²) in [6.45, 7) is -0.113. The van der Waals surface area contributed by atoms with Gasteiger partial charge in [-0.2, -0.15) is 0 Å². The average Bonchev–Trinajstić information content (AvgIpc) is 2.87. The number of hydrogen-bond acceptors (Lipinski definition) is 5. The number of rotatable bonds is 6. The lowest BCUT2D eigenvalue weighted by Gasteiger charge is -2.11. The fourth-order valence-corrected chi connectivity index (χ4v) is 1.67. The van der Waals surface area contributed by atoms with Crippen molar-refractivity contribution in [3.05, 3.63) is 36.2 Å². The van der Waals surface area contributed by atoms with Gasteiger partial charge in [-0.3, -0.25) is 4.79 Å². The molecule has 0 aliphatic carbocycles. The highest BCUT2D eigenvalue weighted by Gasteiger charge is 2.18. The maximum Gasteiger partial charge on any atom is 0.328 e. The second-order valence-electron chi connectivity index (χ2n) is 4.21. The molecule has 2 N–H and O–H groups in total. The molecule has 1 aromatic carbocycles. The number of fused-ring (bicyclic) bond motifs is 1. The van der Waals surface area contributed by atoms with E-state index in [1.165, 1.54) is 13.2 Å². The van der Waals surface area contributed by atoms with Gasteiger partial charge in [-0.1, -0.05) is 12.1 Å². The van der Waals surface area contributed by atoms with Gasteiger partial charge < -0.3 is 19.6 Å². The van der Waals surface area contributed by atoms with Crippen LogP contribution in [0.3, 0.4) is 0 Å². The molecule has 7 heteroatoms. The lowest BCUT2D eigenvalue weighted by molar-refractivity contribution is -0.142. The summed E-state index contributed by atoms with van der Waals surface area (Å²) in [5.74, 6) is -1.47. The fraction of sp³-hybridized carbons (Fsp3) is 0.214. The lowest BCUT2D eigenvalue weighted by atomic mass is 10.3. The van der Waals surface area contributed by atoms with E-state index in [1.807, 2.05) is 12.1 Å². The van der Waals surface area contributed by atoms with Crippen molar-refractivity contribution in [3.63, 3.8) is 0 Å². The number of carboxylic acids is 1. The molecule has 2 rings (SSSR count). The van der Waals surface area contributed by atoms with Crippen LogP contribution in [0.15, 0.2) is 34.8 Å². The van der Waals surface area contributed by atoms with Crippen LogP contribution in [0.1, 0.15) is 5.89 Å². The molecule has 1 unspecified atom stereocenters. The molecule has 1 amide bonds. The minimum Gasteiger partial charge on any atom is -0.480 e. The molecular formula is C14H14N2O5. The van der Waals surface area contributed by atoms with Crippen LogP contribution in [0.4, 0.5) is 0 Å². The minimum atomic E-state index is -1.17. The molecule has 21 heavy (non-hydrogen) atoms. The SMILES string of the molecule is COCC(NC(=O)/C=C/c1nc2ccccc2o1)C(=O)O. The molecule has 1 atom stereocenters. The van der Waals surface area contributed by atoms with Crippen molar-refractivity contribution in [2.45, 2.75) is 6.04 Å². The molecule has 0 bridgehead atoms. The van der Waals surface area contributed by atoms with E-state index in [4.69, 9.17) is 14.3 Å². The summed E-state index contributed by atoms with van der Waals surface area (Å²) in [7, 11) is 1.36. The van der Waals surface area contributed by atoms with E-state index < -0.39 is 17.9 Å². The first-order chi connectivity index (χ1) is 10.1. The second-order valence-corrected chi connectivity index (χ2v) is 4.21. The summed E-state index contributed by atoms with van der Waals surface area (Å²) in [6, 6.07) is 6.09. The third-order valence-corrected chi connectivity index (χ3v) is 2.64. The highest BCUT2D eigenvalue weighted by molar-refractivity contribution is 5.94. The smallest absolute Gasteiger partial charge is 0.328 e. The number of benzene rings is 1. The van der Waals surface area contributed by atoms with Gasteiger partial charge in [-0.15, -0.1) is 0 Å². The highest BCUT2D eigenvalue weighted by Crippen LogP contribution is 2.15. The van der Waals surface area contributed by atoms with Crippen molar-refractivity contribution in [2.75, 3.05) is 13.7 Å². The van der Waals surface area contributed by atoms with Gasteiger partial charge in [0.1, 0.15) is 5.52 Å². The Labute approximate surface area is 120 Å². The number of methoxy groups -OCH3 is 1. The molecule has 7 nitrogen and oxygen atoms in total. The molecule has 0 spiro atoms. The van der Waals surface area contributed by atoms with E-state index in [9.17, 15) is 9.59 Å². The zero-order valence-corrected chi connectivity index (χ0v) is 11.3. The van der Waals surface area contributed by atoms with E-state index in [1.54, 1.807) is 12.1 Å². The lowest BCUT2D eigenvalue weighted by Crippen LogP contribution is -2.43. The molecule has 0 saturated carbocycles. The van der Waals surface area contributed by atoms with E-state index in [-0.39, 0.29) is 12.5 Å². The van der Waals surface area contributed by atoms with Crippen LogP contribution in [0, 0.1) is 0 Å². The van der Waals surface area contributed by atoms with Gasteiger partial charge in [0.05, 0.1) is 6.61 Å². The Morgan fingerprint density at radius 1 is 1.48 bits per heavy atom. The standard InChI is InChI=1S/C14H14N2O5/c1-20-8-10(14(18)19)15-12(17)6-7-13-16-9-4-2-3-5-11(9)21-13/h2-7,10H,8H2,1H3,(H,15,17)(H,18,19)/b7-6+. The Morgan fingerprint density at radius 3 is 2.90 bits per heavy atom. The maximum absolute atomic E-state index is 11.6. The number of aliphatic carboxylic acids is 1. The van der Waals surface area contributed by atoms with Crippen LogP contribution in [-0.4, -0.2) is 41.7 Å². The predicted octanol–water partition coefficient (Wildman–Crippen LogP) is 1.06. The Balaban J connectivity index is 2.02. The van der Waals surface area contributed by atoms with Gasteiger partial charge in [-0.05, 0) is 12.1 Å². The first-order valence-corrected chi connectivity index (χ1v) is 6.16. The predicted molar refractivity (Wildman–Crippen MR) is 74.5 cm³/mol. The number of ether oxygens (including phenoxy) is 1. The highest BCUT2D eigenvalue weighted by atomic mass is 16.5. The number of carbonyl (C=O) groups is 2. The van der Waals surface area contributed by atoms with Gasteiger partial charge in [0, 0.05) is 19.3 Å². The van der Waals surface area contributed by atoms with Gasteiger partial charge >= 0.3 is 5.97 Å². The molecular weight excluding hydrogens is 276 g/mol. The van der Waals surface area contributed by atoms with E-state index in [0.717, 1.165) is 6.08 Å². The zero-order chi connectivity index (χ0) is 15.2. The molecule has 0 radical (unpaired) electrons. The molecule has 1 aromatic heterocycles. The van der Waals surface area contributed by atoms with Crippen molar-refractivity contribution in [1.29, 1.82) is 0 Å². The van der Waals surface area contributed by atoms with Crippen molar-refractivity contribution < 1.29 is 23.8 Å². The Kier molecular flexibility index (Phi) is 4.68. The monoisotopic (exact) mass is 290 g/mol. The van der Waals surface area contributed by atoms with Crippen molar-refractivity contribution in [3.8, 4) is 0 Å². The van der Waals surface area contributed by atoms with Crippen LogP contribution >= 0.6 is 0 Å².